The second-order valence-corrected chi connectivity index (χ2v) is 15.2. The predicted octanol–water partition coefficient (Wildman–Crippen LogP) is 11.9. The molecular weight excluding hydrogens is 605 g/mol. The molecule has 248 valence electrons. The smallest absolute Gasteiger partial charge is 0.0594 e. The lowest BCUT2D eigenvalue weighted by atomic mass is 9.80. The van der Waals surface area contributed by atoms with E-state index in [4.69, 9.17) is 0 Å². The molecule has 0 amide bonds. The van der Waals surface area contributed by atoms with Crippen LogP contribution in [0.4, 0.5) is 5.69 Å². The third kappa shape index (κ3) is 4.98. The largest absolute Gasteiger partial charge is 0.357 e. The van der Waals surface area contributed by atoms with E-state index in [0.717, 1.165) is 19.3 Å². The maximum Gasteiger partial charge on any atom is 0.0594 e. The molecule has 10 rings (SSSR count). The van der Waals surface area contributed by atoms with Crippen molar-refractivity contribution >= 4 is 29.1 Å². The lowest BCUT2D eigenvalue weighted by molar-refractivity contribution is 0.538. The SMILES string of the molecule is C1=Cc2c3c(n(C4=CC(c5ccccc5)CC(c5ccccc5)=C4)c2CC1)C=CC1C3c2ccccc2N1C1C=C(C2=CCCCC2)CCC1. The zero-order valence-corrected chi connectivity index (χ0v) is 29.0. The second kappa shape index (κ2) is 12.5. The highest BCUT2D eigenvalue weighted by Crippen LogP contribution is 2.54. The van der Waals surface area contributed by atoms with Gasteiger partial charge in [-0.2, -0.15) is 0 Å². The molecule has 0 saturated carbocycles. The van der Waals surface area contributed by atoms with Gasteiger partial charge in [0.2, 0.25) is 0 Å². The molecular formula is C48H46N2. The molecule has 6 aliphatic rings. The van der Waals surface area contributed by atoms with E-state index in [1.165, 1.54) is 101 Å². The lowest BCUT2D eigenvalue weighted by Gasteiger charge is -2.38. The number of benzene rings is 3. The van der Waals surface area contributed by atoms with Crippen molar-refractivity contribution in [3.8, 4) is 0 Å². The summed E-state index contributed by atoms with van der Waals surface area (Å²) in [6, 6.07) is 32.3. The zero-order valence-electron chi connectivity index (χ0n) is 29.0. The average molecular weight is 651 g/mol. The Morgan fingerprint density at radius 3 is 2.36 bits per heavy atom. The van der Waals surface area contributed by atoms with Crippen LogP contribution in [0.1, 0.15) is 109 Å². The Hall–Kier alpha value is -4.82. The molecule has 50 heavy (non-hydrogen) atoms. The minimum atomic E-state index is 0.323. The van der Waals surface area contributed by atoms with E-state index in [2.05, 4.69) is 143 Å². The van der Waals surface area contributed by atoms with Crippen molar-refractivity contribution in [3.05, 3.63) is 172 Å². The van der Waals surface area contributed by atoms with E-state index in [-0.39, 0.29) is 0 Å². The number of allylic oxidation sites excluding steroid dienone is 8. The Bertz CT molecular complexity index is 2130. The first-order chi connectivity index (χ1) is 24.8. The molecule has 0 saturated heterocycles. The number of anilines is 1. The summed E-state index contributed by atoms with van der Waals surface area (Å²) in [5, 5.41) is 0. The molecule has 0 spiro atoms. The van der Waals surface area contributed by atoms with Gasteiger partial charge in [-0.1, -0.05) is 115 Å². The van der Waals surface area contributed by atoms with Crippen LogP contribution in [0.3, 0.4) is 0 Å². The maximum absolute atomic E-state index is 2.82. The minimum Gasteiger partial charge on any atom is -0.357 e. The molecule has 5 aliphatic carbocycles. The Balaban J connectivity index is 1.12. The van der Waals surface area contributed by atoms with E-state index >= 15 is 0 Å². The highest BCUT2D eigenvalue weighted by atomic mass is 15.2. The van der Waals surface area contributed by atoms with Crippen LogP contribution >= 0.6 is 0 Å². The molecule has 4 unspecified atom stereocenters. The van der Waals surface area contributed by atoms with Crippen LogP contribution in [0.5, 0.6) is 0 Å². The molecule has 2 heterocycles. The Labute approximate surface area is 297 Å². The first kappa shape index (κ1) is 30.0. The summed E-state index contributed by atoms with van der Waals surface area (Å²) in [7, 11) is 0. The van der Waals surface area contributed by atoms with Crippen molar-refractivity contribution in [1.82, 2.24) is 4.57 Å². The molecule has 4 aromatic rings. The summed E-state index contributed by atoms with van der Waals surface area (Å²) in [6.45, 7) is 0. The summed E-state index contributed by atoms with van der Waals surface area (Å²) in [4.78, 5) is 2.82. The fourth-order valence-corrected chi connectivity index (χ4v) is 10.1. The van der Waals surface area contributed by atoms with E-state index in [9.17, 15) is 0 Å². The van der Waals surface area contributed by atoms with Crippen molar-refractivity contribution in [2.24, 2.45) is 0 Å². The van der Waals surface area contributed by atoms with E-state index in [1.54, 1.807) is 11.1 Å². The fourth-order valence-electron chi connectivity index (χ4n) is 10.1. The minimum absolute atomic E-state index is 0.323. The Morgan fingerprint density at radius 1 is 0.680 bits per heavy atom. The highest BCUT2D eigenvalue weighted by Gasteiger charge is 2.46. The number of para-hydroxylation sites is 1. The number of rotatable bonds is 5. The van der Waals surface area contributed by atoms with Crippen LogP contribution in [0.25, 0.3) is 23.4 Å². The number of nitrogens with zero attached hydrogens (tertiary/aromatic N) is 2. The van der Waals surface area contributed by atoms with Gasteiger partial charge in [0.05, 0.1) is 11.7 Å². The quantitative estimate of drug-likeness (QED) is 0.209. The summed E-state index contributed by atoms with van der Waals surface area (Å²) in [6.07, 6.45) is 32.4. The zero-order chi connectivity index (χ0) is 33.0. The molecule has 0 N–H and O–H groups in total. The van der Waals surface area contributed by atoms with Crippen LogP contribution in [0.2, 0.25) is 0 Å². The van der Waals surface area contributed by atoms with E-state index in [0.29, 0.717) is 23.9 Å². The monoisotopic (exact) mass is 650 g/mol. The molecule has 0 bridgehead atoms. The number of hydrogen-bond acceptors (Lipinski definition) is 1. The molecule has 0 radical (unpaired) electrons. The number of aromatic nitrogens is 1. The molecule has 1 aromatic heterocycles. The maximum atomic E-state index is 2.82. The van der Waals surface area contributed by atoms with Gasteiger partial charge >= 0.3 is 0 Å². The van der Waals surface area contributed by atoms with Crippen LogP contribution < -0.4 is 4.90 Å². The van der Waals surface area contributed by atoms with E-state index in [1.807, 2.05) is 0 Å². The number of hydrogen-bond donors (Lipinski definition) is 0. The van der Waals surface area contributed by atoms with Gasteiger partial charge < -0.3 is 9.47 Å². The van der Waals surface area contributed by atoms with Crippen molar-refractivity contribution in [3.63, 3.8) is 0 Å². The second-order valence-electron chi connectivity index (χ2n) is 15.2. The molecule has 3 aromatic carbocycles. The molecule has 4 atom stereocenters. The standard InChI is InChI=1S/C48H46N2/c1-4-15-33(16-5-1)36-21-14-22-39(30-36)49-43-25-12-10-23-41(43)47-45(49)27-28-46-48(47)42-24-11-13-26-44(42)50(46)40-31-37(34-17-6-2-7-18-34)29-38(32-40)35-19-8-3-9-20-35/h2-3,6-12,15,17-20,23-25,27-28,30-32,37,39,45,47H,1,4-5,13-14,16,21-22,26,29H2. The Morgan fingerprint density at radius 2 is 1.50 bits per heavy atom. The average Bonchev–Trinajstić information content (AvgIpc) is 3.72. The Kier molecular flexibility index (Phi) is 7.51. The van der Waals surface area contributed by atoms with Gasteiger partial charge in [-0.05, 0) is 127 Å². The van der Waals surface area contributed by atoms with Gasteiger partial charge in [0, 0.05) is 35.0 Å². The molecule has 0 fully saturated rings. The van der Waals surface area contributed by atoms with Gasteiger partial charge in [-0.3, -0.25) is 0 Å². The third-order valence-electron chi connectivity index (χ3n) is 12.4. The lowest BCUT2D eigenvalue weighted by Crippen LogP contribution is -2.42. The first-order valence-corrected chi connectivity index (χ1v) is 19.2. The van der Waals surface area contributed by atoms with Crippen molar-refractivity contribution in [2.75, 3.05) is 4.90 Å². The first-order valence-electron chi connectivity index (χ1n) is 19.2. The van der Waals surface area contributed by atoms with Crippen molar-refractivity contribution < 1.29 is 0 Å². The molecule has 2 nitrogen and oxygen atoms in total. The van der Waals surface area contributed by atoms with Gasteiger partial charge in [0.25, 0.3) is 0 Å². The summed E-state index contributed by atoms with van der Waals surface area (Å²) < 4.78 is 2.67. The molecule has 1 aliphatic heterocycles. The number of fused-ring (bicyclic) bond motifs is 7. The van der Waals surface area contributed by atoms with Gasteiger partial charge in [-0.25, -0.2) is 0 Å². The normalized spacial score (nSPS) is 25.1. The summed E-state index contributed by atoms with van der Waals surface area (Å²) >= 11 is 0. The highest BCUT2D eigenvalue weighted by molar-refractivity contribution is 5.85. The van der Waals surface area contributed by atoms with Crippen molar-refractivity contribution in [1.29, 1.82) is 0 Å². The van der Waals surface area contributed by atoms with Crippen molar-refractivity contribution in [2.45, 2.75) is 88.1 Å². The van der Waals surface area contributed by atoms with Crippen LogP contribution in [0, 0.1) is 0 Å². The van der Waals surface area contributed by atoms with Gasteiger partial charge in [-0.15, -0.1) is 0 Å². The topological polar surface area (TPSA) is 8.17 Å². The van der Waals surface area contributed by atoms with Gasteiger partial charge in [0.15, 0.2) is 0 Å². The van der Waals surface area contributed by atoms with Crippen LogP contribution in [-0.4, -0.2) is 16.7 Å². The van der Waals surface area contributed by atoms with Gasteiger partial charge in [0.1, 0.15) is 0 Å². The molecule has 2 heteroatoms. The third-order valence-corrected chi connectivity index (χ3v) is 12.4. The summed E-state index contributed by atoms with van der Waals surface area (Å²) in [5.74, 6) is 0.650. The van der Waals surface area contributed by atoms with E-state index < -0.39 is 0 Å². The fraction of sp³-hybridized carbons (Fsp3) is 0.292. The van der Waals surface area contributed by atoms with Crippen LogP contribution in [0.15, 0.2) is 133 Å². The van der Waals surface area contributed by atoms with Crippen LogP contribution in [-0.2, 0) is 6.42 Å². The summed E-state index contributed by atoms with van der Waals surface area (Å²) in [5.41, 5.74) is 17.5. The predicted molar refractivity (Wildman–Crippen MR) is 210 cm³/mol.